The molecule has 6 nitrogen and oxygen atoms in total. The molecule has 0 aromatic heterocycles. The summed E-state index contributed by atoms with van der Waals surface area (Å²) in [6.45, 7) is 2.81. The lowest BCUT2D eigenvalue weighted by Crippen LogP contribution is -2.45. The fourth-order valence-electron chi connectivity index (χ4n) is 2.71. The van der Waals surface area contributed by atoms with Crippen LogP contribution in [0.2, 0.25) is 0 Å². The van der Waals surface area contributed by atoms with Crippen LogP contribution >= 0.6 is 12.4 Å². The van der Waals surface area contributed by atoms with Crippen LogP contribution in [0.15, 0.2) is 23.1 Å². The van der Waals surface area contributed by atoms with Crippen molar-refractivity contribution in [3.8, 4) is 11.8 Å². The quantitative estimate of drug-likeness (QED) is 0.883. The molecular formula is C15H22ClN3O3S. The number of piperidine rings is 1. The van der Waals surface area contributed by atoms with E-state index in [-0.39, 0.29) is 35.0 Å². The molecule has 1 aliphatic heterocycles. The van der Waals surface area contributed by atoms with Crippen molar-refractivity contribution in [3.05, 3.63) is 23.8 Å². The number of rotatable bonds is 4. The summed E-state index contributed by atoms with van der Waals surface area (Å²) in [4.78, 5) is 0.0966. The van der Waals surface area contributed by atoms with Crippen molar-refractivity contribution in [2.45, 2.75) is 30.7 Å². The number of sulfonamides is 1. The van der Waals surface area contributed by atoms with Crippen LogP contribution in [0.3, 0.4) is 0 Å². The SMILES string of the molecule is COc1cc(C#N)ccc1S(=O)(=O)N1CCCC(C(C)N)C1.Cl. The molecule has 8 heteroatoms. The zero-order valence-electron chi connectivity index (χ0n) is 13.2. The zero-order chi connectivity index (χ0) is 16.3. The number of methoxy groups -OCH3 is 1. The van der Waals surface area contributed by atoms with Crippen molar-refractivity contribution in [3.63, 3.8) is 0 Å². The highest BCUT2D eigenvalue weighted by Crippen LogP contribution is 2.30. The van der Waals surface area contributed by atoms with Gasteiger partial charge in [0.25, 0.3) is 0 Å². The second-order valence-electron chi connectivity index (χ2n) is 5.60. The molecule has 0 bridgehead atoms. The Morgan fingerprint density at radius 2 is 2.17 bits per heavy atom. The van der Waals surface area contributed by atoms with Crippen LogP contribution in [0.5, 0.6) is 5.75 Å². The number of nitrogens with zero attached hydrogens (tertiary/aromatic N) is 2. The van der Waals surface area contributed by atoms with Gasteiger partial charge in [-0.15, -0.1) is 12.4 Å². The zero-order valence-corrected chi connectivity index (χ0v) is 14.9. The summed E-state index contributed by atoms with van der Waals surface area (Å²) in [6.07, 6.45) is 1.73. The van der Waals surface area contributed by atoms with Crippen molar-refractivity contribution >= 4 is 22.4 Å². The van der Waals surface area contributed by atoms with E-state index in [4.69, 9.17) is 15.7 Å². The number of halogens is 1. The molecule has 0 radical (unpaired) electrons. The Morgan fingerprint density at radius 3 is 2.74 bits per heavy atom. The van der Waals surface area contributed by atoms with Gasteiger partial charge in [0.2, 0.25) is 10.0 Å². The van der Waals surface area contributed by atoms with Gasteiger partial charge in [0.1, 0.15) is 10.6 Å². The monoisotopic (exact) mass is 359 g/mol. The third kappa shape index (κ3) is 4.15. The number of hydrogen-bond acceptors (Lipinski definition) is 5. The smallest absolute Gasteiger partial charge is 0.246 e. The molecule has 2 N–H and O–H groups in total. The number of hydrogen-bond donors (Lipinski definition) is 1. The maximum atomic E-state index is 12.9. The molecule has 0 aliphatic carbocycles. The van der Waals surface area contributed by atoms with E-state index in [9.17, 15) is 8.42 Å². The number of benzene rings is 1. The summed E-state index contributed by atoms with van der Waals surface area (Å²) in [5.74, 6) is 0.356. The van der Waals surface area contributed by atoms with Crippen LogP contribution in [0.4, 0.5) is 0 Å². The van der Waals surface area contributed by atoms with Crippen LogP contribution in [-0.4, -0.2) is 39.0 Å². The van der Waals surface area contributed by atoms with E-state index in [1.165, 1.54) is 29.6 Å². The molecule has 1 aliphatic rings. The summed E-state index contributed by atoms with van der Waals surface area (Å²) < 4.78 is 32.3. The van der Waals surface area contributed by atoms with Gasteiger partial charge >= 0.3 is 0 Å². The summed E-state index contributed by atoms with van der Waals surface area (Å²) >= 11 is 0. The highest BCUT2D eigenvalue weighted by atomic mass is 35.5. The van der Waals surface area contributed by atoms with Crippen LogP contribution in [0, 0.1) is 17.2 Å². The molecule has 1 heterocycles. The first kappa shape index (κ1) is 19.7. The number of ether oxygens (including phenoxy) is 1. The van der Waals surface area contributed by atoms with Gasteiger partial charge in [0, 0.05) is 19.1 Å². The van der Waals surface area contributed by atoms with Crippen molar-refractivity contribution in [1.29, 1.82) is 5.26 Å². The first-order valence-electron chi connectivity index (χ1n) is 7.24. The standard InChI is InChI=1S/C15H21N3O3S.ClH/c1-11(17)13-4-3-7-18(10-13)22(19,20)15-6-5-12(9-16)8-14(15)21-2;/h5-6,8,11,13H,3-4,7,10,17H2,1-2H3;1H. The molecule has 2 unspecified atom stereocenters. The molecular weight excluding hydrogens is 338 g/mol. The minimum absolute atomic E-state index is 0. The maximum absolute atomic E-state index is 12.9. The Morgan fingerprint density at radius 1 is 1.48 bits per heavy atom. The predicted octanol–water partition coefficient (Wildman–Crippen LogP) is 1.74. The van der Waals surface area contributed by atoms with Gasteiger partial charge in [-0.05, 0) is 43.9 Å². The fraction of sp³-hybridized carbons (Fsp3) is 0.533. The van der Waals surface area contributed by atoms with E-state index < -0.39 is 10.0 Å². The molecule has 0 spiro atoms. The molecule has 1 fully saturated rings. The van der Waals surface area contributed by atoms with E-state index in [0.29, 0.717) is 18.7 Å². The van der Waals surface area contributed by atoms with Gasteiger partial charge in [0.05, 0.1) is 18.7 Å². The van der Waals surface area contributed by atoms with Crippen molar-refractivity contribution in [2.24, 2.45) is 11.7 Å². The second-order valence-corrected chi connectivity index (χ2v) is 7.51. The van der Waals surface area contributed by atoms with Crippen molar-refractivity contribution < 1.29 is 13.2 Å². The van der Waals surface area contributed by atoms with Crippen LogP contribution < -0.4 is 10.5 Å². The molecule has 1 aromatic rings. The normalized spacial score (nSPS) is 20.2. The molecule has 1 saturated heterocycles. The lowest BCUT2D eigenvalue weighted by Gasteiger charge is -2.34. The average Bonchev–Trinajstić information content (AvgIpc) is 2.54. The van der Waals surface area contributed by atoms with E-state index in [2.05, 4.69) is 0 Å². The van der Waals surface area contributed by atoms with Gasteiger partial charge in [-0.2, -0.15) is 9.57 Å². The van der Waals surface area contributed by atoms with Crippen molar-refractivity contribution in [1.82, 2.24) is 4.31 Å². The van der Waals surface area contributed by atoms with Gasteiger partial charge in [-0.25, -0.2) is 8.42 Å². The highest BCUT2D eigenvalue weighted by molar-refractivity contribution is 7.89. The molecule has 128 valence electrons. The van der Waals surface area contributed by atoms with Gasteiger partial charge in [0.15, 0.2) is 0 Å². The van der Waals surface area contributed by atoms with E-state index >= 15 is 0 Å². The summed E-state index contributed by atoms with van der Waals surface area (Å²) in [6, 6.07) is 6.30. The first-order valence-corrected chi connectivity index (χ1v) is 8.68. The molecule has 2 rings (SSSR count). The van der Waals surface area contributed by atoms with E-state index in [1.54, 1.807) is 0 Å². The minimum atomic E-state index is -3.65. The highest BCUT2D eigenvalue weighted by Gasteiger charge is 2.33. The lowest BCUT2D eigenvalue weighted by molar-refractivity contribution is 0.242. The maximum Gasteiger partial charge on any atom is 0.246 e. The summed E-state index contributed by atoms with van der Waals surface area (Å²) in [7, 11) is -2.25. The topological polar surface area (TPSA) is 96.4 Å². The van der Waals surface area contributed by atoms with Crippen LogP contribution in [-0.2, 0) is 10.0 Å². The molecule has 2 atom stereocenters. The third-order valence-corrected chi connectivity index (χ3v) is 5.98. The van der Waals surface area contributed by atoms with Crippen LogP contribution in [0.1, 0.15) is 25.3 Å². The number of nitriles is 1. The van der Waals surface area contributed by atoms with Crippen molar-refractivity contribution in [2.75, 3.05) is 20.2 Å². The molecule has 0 amide bonds. The van der Waals surface area contributed by atoms with Gasteiger partial charge < -0.3 is 10.5 Å². The largest absolute Gasteiger partial charge is 0.495 e. The third-order valence-electron chi connectivity index (χ3n) is 4.07. The summed E-state index contributed by atoms with van der Waals surface area (Å²) in [5.41, 5.74) is 6.29. The Bertz CT molecular complexity index is 686. The fourth-order valence-corrected chi connectivity index (χ4v) is 4.38. The summed E-state index contributed by atoms with van der Waals surface area (Å²) in [5, 5.41) is 8.92. The Hall–Kier alpha value is -1.33. The van der Waals surface area contributed by atoms with E-state index in [0.717, 1.165) is 12.8 Å². The average molecular weight is 360 g/mol. The first-order chi connectivity index (χ1) is 10.4. The lowest BCUT2D eigenvalue weighted by atomic mass is 9.93. The Labute approximate surface area is 143 Å². The minimum Gasteiger partial charge on any atom is -0.495 e. The second kappa shape index (κ2) is 7.97. The molecule has 0 saturated carbocycles. The molecule has 1 aromatic carbocycles. The molecule has 23 heavy (non-hydrogen) atoms. The van der Waals surface area contributed by atoms with Gasteiger partial charge in [-0.1, -0.05) is 0 Å². The van der Waals surface area contributed by atoms with Gasteiger partial charge in [-0.3, -0.25) is 0 Å². The van der Waals surface area contributed by atoms with E-state index in [1.807, 2.05) is 13.0 Å². The number of nitrogens with two attached hydrogens (primary N) is 1. The predicted molar refractivity (Wildman–Crippen MR) is 90.1 cm³/mol. The Kier molecular flexibility index (Phi) is 6.84. The van der Waals surface area contributed by atoms with Crippen LogP contribution in [0.25, 0.3) is 0 Å². The Balaban J connectivity index is 0.00000264.